The second-order valence-corrected chi connectivity index (χ2v) is 6.41. The molecule has 6 heteroatoms. The maximum Gasteiger partial charge on any atom is 0.318 e. The maximum atomic E-state index is 12.4. The zero-order chi connectivity index (χ0) is 15.0. The number of aliphatic carboxylic acids is 1. The monoisotopic (exact) mass is 293 g/mol. The average Bonchev–Trinajstić information content (AvgIpc) is 3.05. The van der Waals surface area contributed by atoms with E-state index in [9.17, 15) is 9.59 Å². The van der Waals surface area contributed by atoms with Gasteiger partial charge in [0.2, 0.25) is 0 Å². The molecule has 2 fully saturated rings. The number of nitrogens with zero attached hydrogens (tertiary/aromatic N) is 2. The van der Waals surface area contributed by atoms with Gasteiger partial charge in [0.25, 0.3) is 0 Å². The van der Waals surface area contributed by atoms with Gasteiger partial charge in [-0.3, -0.25) is 9.69 Å². The number of piperazine rings is 1. The molecule has 116 valence electrons. The van der Waals surface area contributed by atoms with E-state index in [0.29, 0.717) is 12.5 Å². The molecule has 3 rings (SSSR count). The van der Waals surface area contributed by atoms with Crippen LogP contribution in [0.5, 0.6) is 0 Å². The summed E-state index contributed by atoms with van der Waals surface area (Å²) in [5, 5.41) is 11.9. The number of rotatable bonds is 2. The Labute approximate surface area is 124 Å². The Morgan fingerprint density at radius 2 is 2.10 bits per heavy atom. The predicted molar refractivity (Wildman–Crippen MR) is 78.0 cm³/mol. The molecule has 0 aromatic carbocycles. The van der Waals surface area contributed by atoms with Gasteiger partial charge >= 0.3 is 12.0 Å². The number of carbonyl (C=O) groups excluding carboxylic acids is 1. The highest BCUT2D eigenvalue weighted by molar-refractivity contribution is 5.77. The number of carbonyl (C=O) groups is 2. The maximum absolute atomic E-state index is 12.4. The molecular weight excluding hydrogens is 270 g/mol. The molecule has 4 atom stereocenters. The van der Waals surface area contributed by atoms with Gasteiger partial charge in [-0.15, -0.1) is 0 Å². The Hall–Kier alpha value is -1.56. The molecule has 21 heavy (non-hydrogen) atoms. The van der Waals surface area contributed by atoms with Gasteiger partial charge in [-0.25, -0.2) is 4.79 Å². The quantitative estimate of drug-likeness (QED) is 0.742. The molecule has 2 saturated heterocycles. The van der Waals surface area contributed by atoms with Gasteiger partial charge in [0, 0.05) is 25.2 Å². The zero-order valence-corrected chi connectivity index (χ0v) is 12.4. The lowest BCUT2D eigenvalue weighted by Crippen LogP contribution is -2.59. The second kappa shape index (κ2) is 5.67. The summed E-state index contributed by atoms with van der Waals surface area (Å²) < 4.78 is 0. The van der Waals surface area contributed by atoms with E-state index in [-0.39, 0.29) is 18.1 Å². The molecule has 6 nitrogen and oxygen atoms in total. The highest BCUT2D eigenvalue weighted by atomic mass is 16.4. The van der Waals surface area contributed by atoms with E-state index in [1.54, 1.807) is 12.2 Å². The minimum Gasteiger partial charge on any atom is -0.481 e. The van der Waals surface area contributed by atoms with E-state index in [0.717, 1.165) is 19.6 Å². The minimum atomic E-state index is -0.823. The van der Waals surface area contributed by atoms with Crippen LogP contribution in [0, 0.1) is 5.92 Å². The molecule has 4 unspecified atom stereocenters. The fourth-order valence-corrected chi connectivity index (χ4v) is 3.70. The standard InChI is InChI=1S/C15H23N3O3/c1-10-8-17-6-2-3-13(17)9-18(10)15(21)16-12-5-4-11(7-12)14(19)20/h4-5,10-13H,2-3,6-9H2,1H3,(H,16,21)(H,19,20). The number of nitrogens with one attached hydrogen (secondary N) is 1. The largest absolute Gasteiger partial charge is 0.481 e. The summed E-state index contributed by atoms with van der Waals surface area (Å²) in [6, 6.07) is 0.486. The van der Waals surface area contributed by atoms with Crippen LogP contribution >= 0.6 is 0 Å². The van der Waals surface area contributed by atoms with Crippen molar-refractivity contribution in [1.82, 2.24) is 15.1 Å². The van der Waals surface area contributed by atoms with Crippen LogP contribution in [0.3, 0.4) is 0 Å². The lowest BCUT2D eigenvalue weighted by atomic mass is 10.1. The van der Waals surface area contributed by atoms with E-state index in [1.807, 2.05) is 4.90 Å². The molecule has 0 bridgehead atoms. The van der Waals surface area contributed by atoms with Crippen LogP contribution in [0.2, 0.25) is 0 Å². The average molecular weight is 293 g/mol. The predicted octanol–water partition coefficient (Wildman–Crippen LogP) is 0.894. The fraction of sp³-hybridized carbons (Fsp3) is 0.733. The highest BCUT2D eigenvalue weighted by Crippen LogP contribution is 2.25. The van der Waals surface area contributed by atoms with Gasteiger partial charge in [-0.1, -0.05) is 12.2 Å². The van der Waals surface area contributed by atoms with Crippen molar-refractivity contribution in [2.75, 3.05) is 19.6 Å². The topological polar surface area (TPSA) is 72.9 Å². The van der Waals surface area contributed by atoms with Crippen molar-refractivity contribution in [1.29, 1.82) is 0 Å². The lowest BCUT2D eigenvalue weighted by molar-refractivity contribution is -0.140. The first-order valence-corrected chi connectivity index (χ1v) is 7.77. The van der Waals surface area contributed by atoms with Crippen LogP contribution in [0.1, 0.15) is 26.2 Å². The van der Waals surface area contributed by atoms with Crippen molar-refractivity contribution in [2.24, 2.45) is 5.92 Å². The first-order chi connectivity index (χ1) is 10.0. The Bertz CT molecular complexity index is 465. The first kappa shape index (κ1) is 14.4. The molecular formula is C15H23N3O3. The molecule has 0 radical (unpaired) electrons. The van der Waals surface area contributed by atoms with Crippen molar-refractivity contribution in [3.63, 3.8) is 0 Å². The number of fused-ring (bicyclic) bond motifs is 1. The summed E-state index contributed by atoms with van der Waals surface area (Å²) in [5.74, 6) is -1.30. The molecule has 1 aliphatic carbocycles. The molecule has 2 N–H and O–H groups in total. The molecule has 3 aliphatic rings. The number of carboxylic acids is 1. The third-order valence-corrected chi connectivity index (χ3v) is 4.91. The van der Waals surface area contributed by atoms with Crippen LogP contribution in [0.15, 0.2) is 12.2 Å². The van der Waals surface area contributed by atoms with E-state index in [1.165, 1.54) is 12.8 Å². The number of hydrogen-bond donors (Lipinski definition) is 2. The van der Waals surface area contributed by atoms with Crippen LogP contribution in [-0.2, 0) is 4.79 Å². The molecule has 2 aliphatic heterocycles. The third-order valence-electron chi connectivity index (χ3n) is 4.91. The van der Waals surface area contributed by atoms with E-state index >= 15 is 0 Å². The molecule has 0 spiro atoms. The second-order valence-electron chi connectivity index (χ2n) is 6.41. The minimum absolute atomic E-state index is 0.0604. The summed E-state index contributed by atoms with van der Waals surface area (Å²) in [7, 11) is 0. The van der Waals surface area contributed by atoms with Crippen molar-refractivity contribution in [3.05, 3.63) is 12.2 Å². The Morgan fingerprint density at radius 3 is 2.81 bits per heavy atom. The van der Waals surface area contributed by atoms with Gasteiger partial charge in [-0.2, -0.15) is 0 Å². The summed E-state index contributed by atoms with van der Waals surface area (Å²) in [6.45, 7) is 4.96. The lowest BCUT2D eigenvalue weighted by Gasteiger charge is -2.42. The molecule has 0 saturated carbocycles. The number of urea groups is 1. The first-order valence-electron chi connectivity index (χ1n) is 7.77. The summed E-state index contributed by atoms with van der Waals surface area (Å²) >= 11 is 0. The SMILES string of the molecule is CC1CN2CCCC2CN1C(=O)NC1C=CC(C(=O)O)C1. The van der Waals surface area contributed by atoms with Crippen LogP contribution in [-0.4, -0.2) is 64.7 Å². The molecule has 2 amide bonds. The number of hydrogen-bond acceptors (Lipinski definition) is 3. The van der Waals surface area contributed by atoms with Crippen LogP contribution in [0.4, 0.5) is 4.79 Å². The highest BCUT2D eigenvalue weighted by Gasteiger charge is 2.37. The Kier molecular flexibility index (Phi) is 3.89. The number of carboxylic acid groups (broad SMARTS) is 1. The third kappa shape index (κ3) is 2.90. The van der Waals surface area contributed by atoms with Gasteiger partial charge in [0.1, 0.15) is 0 Å². The Morgan fingerprint density at radius 1 is 1.29 bits per heavy atom. The molecule has 0 aromatic heterocycles. The molecule has 0 aromatic rings. The smallest absolute Gasteiger partial charge is 0.318 e. The van der Waals surface area contributed by atoms with Gasteiger partial charge in [0.15, 0.2) is 0 Å². The van der Waals surface area contributed by atoms with Crippen molar-refractivity contribution < 1.29 is 14.7 Å². The normalized spacial score (nSPS) is 35.8. The number of amides is 2. The van der Waals surface area contributed by atoms with Gasteiger partial charge in [0.05, 0.1) is 12.0 Å². The van der Waals surface area contributed by atoms with Crippen molar-refractivity contribution >= 4 is 12.0 Å². The summed E-state index contributed by atoms with van der Waals surface area (Å²) in [4.78, 5) is 27.8. The van der Waals surface area contributed by atoms with E-state index in [2.05, 4.69) is 17.1 Å². The van der Waals surface area contributed by atoms with Crippen LogP contribution < -0.4 is 5.32 Å². The van der Waals surface area contributed by atoms with E-state index < -0.39 is 11.9 Å². The van der Waals surface area contributed by atoms with Crippen LogP contribution in [0.25, 0.3) is 0 Å². The molecule has 2 heterocycles. The van der Waals surface area contributed by atoms with Gasteiger partial charge in [-0.05, 0) is 32.7 Å². The van der Waals surface area contributed by atoms with E-state index in [4.69, 9.17) is 5.11 Å². The fourth-order valence-electron chi connectivity index (χ4n) is 3.70. The summed E-state index contributed by atoms with van der Waals surface area (Å²) in [6.07, 6.45) is 6.32. The Balaban J connectivity index is 1.56. The van der Waals surface area contributed by atoms with Gasteiger partial charge < -0.3 is 15.3 Å². The summed E-state index contributed by atoms with van der Waals surface area (Å²) in [5.41, 5.74) is 0. The van der Waals surface area contributed by atoms with Crippen molar-refractivity contribution in [3.8, 4) is 0 Å². The van der Waals surface area contributed by atoms with Crippen molar-refractivity contribution in [2.45, 2.75) is 44.3 Å². The zero-order valence-electron chi connectivity index (χ0n) is 12.4.